The third kappa shape index (κ3) is 1.80. The van der Waals surface area contributed by atoms with Crippen LogP contribution in [0.1, 0.15) is 18.9 Å². The van der Waals surface area contributed by atoms with Gasteiger partial charge in [0.15, 0.2) is 0 Å². The van der Waals surface area contributed by atoms with Crippen LogP contribution < -0.4 is 5.73 Å². The van der Waals surface area contributed by atoms with Crippen LogP contribution in [0.3, 0.4) is 0 Å². The molecule has 1 atom stereocenters. The van der Waals surface area contributed by atoms with Crippen LogP contribution in [0.25, 0.3) is 0 Å². The highest BCUT2D eigenvalue weighted by Gasteiger charge is 2.23. The Kier molecular flexibility index (Phi) is 2.35. The zero-order valence-electron chi connectivity index (χ0n) is 8.70. The lowest BCUT2D eigenvalue weighted by Crippen LogP contribution is -2.19. The van der Waals surface area contributed by atoms with Crippen LogP contribution in [0.4, 0.5) is 10.1 Å². The first kappa shape index (κ1) is 9.97. The monoisotopic (exact) mass is 203 g/mol. The Bertz CT molecular complexity index is 434. The number of anilines is 1. The van der Waals surface area contributed by atoms with Gasteiger partial charge < -0.3 is 5.73 Å². The van der Waals surface area contributed by atoms with Gasteiger partial charge in [-0.2, -0.15) is 0 Å². The summed E-state index contributed by atoms with van der Waals surface area (Å²) in [6, 6.07) is 5.04. The quantitative estimate of drug-likeness (QED) is 0.697. The molecule has 1 aliphatic carbocycles. The molecule has 0 spiro atoms. The molecule has 1 unspecified atom stereocenters. The molecular formula is C13H14FN. The molecular weight excluding hydrogens is 189 g/mol. The number of halogens is 1. The van der Waals surface area contributed by atoms with E-state index in [9.17, 15) is 4.39 Å². The molecule has 1 aliphatic rings. The average molecular weight is 203 g/mol. The van der Waals surface area contributed by atoms with E-state index >= 15 is 0 Å². The molecule has 2 heteroatoms. The van der Waals surface area contributed by atoms with Gasteiger partial charge in [-0.25, -0.2) is 4.39 Å². The third-order valence-electron chi connectivity index (χ3n) is 2.91. The van der Waals surface area contributed by atoms with Gasteiger partial charge in [0, 0.05) is 5.41 Å². The first-order chi connectivity index (χ1) is 7.12. The number of benzene rings is 1. The molecule has 2 N–H and O–H groups in total. The summed E-state index contributed by atoms with van der Waals surface area (Å²) in [4.78, 5) is 0. The fourth-order valence-electron chi connectivity index (χ4n) is 1.82. The van der Waals surface area contributed by atoms with Gasteiger partial charge in [0.05, 0.1) is 5.69 Å². The second-order valence-corrected chi connectivity index (χ2v) is 4.15. The predicted octanol–water partition coefficient (Wildman–Crippen LogP) is 3.18. The third-order valence-corrected chi connectivity index (χ3v) is 2.91. The Morgan fingerprint density at radius 3 is 2.73 bits per heavy atom. The highest BCUT2D eigenvalue weighted by atomic mass is 19.1. The van der Waals surface area contributed by atoms with Gasteiger partial charge >= 0.3 is 0 Å². The summed E-state index contributed by atoms with van der Waals surface area (Å²) < 4.78 is 13.3. The fraction of sp³-hybridized carbons (Fsp3) is 0.231. The van der Waals surface area contributed by atoms with Crippen molar-refractivity contribution in [2.75, 3.05) is 5.73 Å². The van der Waals surface area contributed by atoms with Gasteiger partial charge in [-0.3, -0.25) is 0 Å². The van der Waals surface area contributed by atoms with E-state index in [1.165, 1.54) is 6.07 Å². The van der Waals surface area contributed by atoms with Crippen LogP contribution in [0, 0.1) is 5.82 Å². The smallest absolute Gasteiger partial charge is 0.146 e. The minimum Gasteiger partial charge on any atom is -0.396 e. The van der Waals surface area contributed by atoms with E-state index in [1.807, 2.05) is 18.2 Å². The van der Waals surface area contributed by atoms with E-state index in [0.717, 1.165) is 12.0 Å². The molecule has 0 fully saturated rings. The molecule has 1 aromatic carbocycles. The van der Waals surface area contributed by atoms with Gasteiger partial charge in [-0.1, -0.05) is 37.3 Å². The van der Waals surface area contributed by atoms with E-state index in [1.54, 1.807) is 6.07 Å². The van der Waals surface area contributed by atoms with Crippen LogP contribution in [0.5, 0.6) is 0 Å². The Morgan fingerprint density at radius 1 is 1.33 bits per heavy atom. The lowest BCUT2D eigenvalue weighted by molar-refractivity contribution is 0.581. The SMILES string of the molecule is CC1(c2ccc(N)c(F)c2)C=CC=CC1. The van der Waals surface area contributed by atoms with Crippen molar-refractivity contribution in [3.63, 3.8) is 0 Å². The van der Waals surface area contributed by atoms with Crippen molar-refractivity contribution in [3.8, 4) is 0 Å². The zero-order chi connectivity index (χ0) is 10.9. The highest BCUT2D eigenvalue weighted by Crippen LogP contribution is 2.33. The van der Waals surface area contributed by atoms with E-state index in [2.05, 4.69) is 19.1 Å². The number of allylic oxidation sites excluding steroid dienone is 4. The molecule has 15 heavy (non-hydrogen) atoms. The van der Waals surface area contributed by atoms with Crippen molar-refractivity contribution in [1.29, 1.82) is 0 Å². The van der Waals surface area contributed by atoms with Gasteiger partial charge in [0.1, 0.15) is 5.82 Å². The molecule has 0 saturated heterocycles. The average Bonchev–Trinajstić information content (AvgIpc) is 2.23. The van der Waals surface area contributed by atoms with Crippen LogP contribution in [0.2, 0.25) is 0 Å². The normalized spacial score (nSPS) is 24.4. The number of hydrogen-bond acceptors (Lipinski definition) is 1. The maximum atomic E-state index is 13.3. The lowest BCUT2D eigenvalue weighted by atomic mass is 9.77. The lowest BCUT2D eigenvalue weighted by Gasteiger charge is -2.27. The maximum Gasteiger partial charge on any atom is 0.146 e. The number of rotatable bonds is 1. The number of nitrogen functional groups attached to an aromatic ring is 1. The Balaban J connectivity index is 2.41. The summed E-state index contributed by atoms with van der Waals surface area (Å²) in [5, 5.41) is 0. The zero-order valence-corrected chi connectivity index (χ0v) is 8.70. The summed E-state index contributed by atoms with van der Waals surface area (Å²) in [5.74, 6) is -0.336. The Labute approximate surface area is 89.1 Å². The van der Waals surface area contributed by atoms with Crippen molar-refractivity contribution >= 4 is 5.69 Å². The molecule has 0 aromatic heterocycles. The van der Waals surface area contributed by atoms with Gasteiger partial charge in [0.25, 0.3) is 0 Å². The minimum atomic E-state index is -0.336. The van der Waals surface area contributed by atoms with Gasteiger partial charge in [-0.05, 0) is 24.1 Å². The molecule has 1 nitrogen and oxygen atoms in total. The summed E-state index contributed by atoms with van der Waals surface area (Å²) in [6.07, 6.45) is 9.09. The molecule has 0 bridgehead atoms. The molecule has 78 valence electrons. The fourth-order valence-corrected chi connectivity index (χ4v) is 1.82. The Morgan fingerprint density at radius 2 is 2.13 bits per heavy atom. The minimum absolute atomic E-state index is 0.108. The topological polar surface area (TPSA) is 26.0 Å². The van der Waals surface area contributed by atoms with E-state index in [-0.39, 0.29) is 16.9 Å². The summed E-state index contributed by atoms with van der Waals surface area (Å²) >= 11 is 0. The van der Waals surface area contributed by atoms with Crippen LogP contribution in [0.15, 0.2) is 42.5 Å². The van der Waals surface area contributed by atoms with Crippen molar-refractivity contribution in [2.24, 2.45) is 0 Å². The largest absolute Gasteiger partial charge is 0.396 e. The summed E-state index contributed by atoms with van der Waals surface area (Å²) in [7, 11) is 0. The second kappa shape index (κ2) is 3.54. The van der Waals surface area contributed by atoms with Crippen molar-refractivity contribution < 1.29 is 4.39 Å². The number of nitrogens with two attached hydrogens (primary N) is 1. The van der Waals surface area contributed by atoms with Crippen molar-refractivity contribution in [1.82, 2.24) is 0 Å². The van der Waals surface area contributed by atoms with Crippen molar-refractivity contribution in [3.05, 3.63) is 53.9 Å². The highest BCUT2D eigenvalue weighted by molar-refractivity contribution is 5.45. The standard InChI is InChI=1S/C13H14FN/c1-13(7-3-2-4-8-13)10-5-6-12(15)11(14)9-10/h2-7,9H,8,15H2,1H3. The molecule has 0 radical (unpaired) electrons. The first-order valence-electron chi connectivity index (χ1n) is 5.02. The van der Waals surface area contributed by atoms with Crippen molar-refractivity contribution in [2.45, 2.75) is 18.8 Å². The van der Waals surface area contributed by atoms with Gasteiger partial charge in [-0.15, -0.1) is 0 Å². The van der Waals surface area contributed by atoms with E-state index in [0.29, 0.717) is 0 Å². The molecule has 0 heterocycles. The maximum absolute atomic E-state index is 13.3. The molecule has 2 rings (SSSR count). The Hall–Kier alpha value is -1.57. The summed E-state index contributed by atoms with van der Waals surface area (Å²) in [5.41, 5.74) is 6.52. The number of hydrogen-bond donors (Lipinski definition) is 1. The van der Waals surface area contributed by atoms with Crippen LogP contribution in [-0.4, -0.2) is 0 Å². The van der Waals surface area contributed by atoms with Crippen LogP contribution in [-0.2, 0) is 5.41 Å². The first-order valence-corrected chi connectivity index (χ1v) is 5.02. The van der Waals surface area contributed by atoms with E-state index in [4.69, 9.17) is 5.73 Å². The molecule has 0 aliphatic heterocycles. The summed E-state index contributed by atoms with van der Waals surface area (Å²) in [6.45, 7) is 2.10. The molecule has 0 amide bonds. The van der Waals surface area contributed by atoms with Gasteiger partial charge in [0.2, 0.25) is 0 Å². The molecule has 1 aromatic rings. The van der Waals surface area contributed by atoms with E-state index < -0.39 is 0 Å². The second-order valence-electron chi connectivity index (χ2n) is 4.15. The van der Waals surface area contributed by atoms with Crippen LogP contribution >= 0.6 is 0 Å². The molecule has 0 saturated carbocycles. The predicted molar refractivity (Wildman–Crippen MR) is 61.1 cm³/mol.